The molecule has 1 aromatic heterocycles. The van der Waals surface area contributed by atoms with Crippen molar-refractivity contribution in [2.75, 3.05) is 13.6 Å². The zero-order chi connectivity index (χ0) is 11.8. The molecule has 0 fully saturated rings. The van der Waals surface area contributed by atoms with Gasteiger partial charge in [0.2, 0.25) is 0 Å². The summed E-state index contributed by atoms with van der Waals surface area (Å²) < 4.78 is 0. The molecule has 1 rings (SSSR count). The molecule has 0 aliphatic carbocycles. The summed E-state index contributed by atoms with van der Waals surface area (Å²) in [5.41, 5.74) is 7.16. The molecule has 0 aliphatic heterocycles. The van der Waals surface area contributed by atoms with E-state index >= 15 is 0 Å². The summed E-state index contributed by atoms with van der Waals surface area (Å²) in [4.78, 5) is 6.54. The van der Waals surface area contributed by atoms with Crippen molar-refractivity contribution < 1.29 is 0 Å². The minimum Gasteiger partial charge on any atom is -0.327 e. The van der Waals surface area contributed by atoms with Gasteiger partial charge in [0, 0.05) is 25.3 Å². The average molecular weight is 221 g/mol. The fourth-order valence-corrected chi connectivity index (χ4v) is 1.79. The molecule has 0 bridgehead atoms. The Hall–Kier alpha value is -0.930. The van der Waals surface area contributed by atoms with Crippen molar-refractivity contribution in [1.29, 1.82) is 0 Å². The summed E-state index contributed by atoms with van der Waals surface area (Å²) in [6, 6.07) is 6.30. The Balaban J connectivity index is 2.27. The van der Waals surface area contributed by atoms with Gasteiger partial charge in [-0.25, -0.2) is 0 Å². The molecule has 0 aliphatic rings. The minimum absolute atomic E-state index is 0.286. The fraction of sp³-hybridized carbons (Fsp3) is 0.615. The summed E-state index contributed by atoms with van der Waals surface area (Å²) in [5, 5.41) is 0. The highest BCUT2D eigenvalue weighted by molar-refractivity contribution is 5.03. The van der Waals surface area contributed by atoms with Crippen LogP contribution in [0.5, 0.6) is 0 Å². The lowest BCUT2D eigenvalue weighted by atomic mass is 10.1. The van der Waals surface area contributed by atoms with Crippen molar-refractivity contribution in [2.24, 2.45) is 5.73 Å². The van der Waals surface area contributed by atoms with Gasteiger partial charge in [-0.15, -0.1) is 0 Å². The third-order valence-electron chi connectivity index (χ3n) is 2.63. The molecule has 0 saturated carbocycles. The van der Waals surface area contributed by atoms with Crippen LogP contribution in [-0.2, 0) is 6.54 Å². The van der Waals surface area contributed by atoms with E-state index in [1.54, 1.807) is 0 Å². The van der Waals surface area contributed by atoms with Gasteiger partial charge in [-0.2, -0.15) is 0 Å². The smallest absolute Gasteiger partial charge is 0.0543 e. The molecule has 1 atom stereocenters. The summed E-state index contributed by atoms with van der Waals surface area (Å²) >= 11 is 0. The molecule has 1 heterocycles. The maximum atomic E-state index is 6.05. The summed E-state index contributed by atoms with van der Waals surface area (Å²) in [7, 11) is 2.10. The second kappa shape index (κ2) is 7.36. The molecule has 0 spiro atoms. The largest absolute Gasteiger partial charge is 0.327 e. The Morgan fingerprint density at radius 3 is 2.88 bits per heavy atom. The van der Waals surface area contributed by atoms with Crippen LogP contribution in [0.3, 0.4) is 0 Å². The number of hydrogen-bond donors (Lipinski definition) is 1. The van der Waals surface area contributed by atoms with E-state index in [2.05, 4.69) is 23.9 Å². The second-order valence-corrected chi connectivity index (χ2v) is 4.42. The SMILES string of the molecule is CCCCC(N)CN(C)Cc1ccccn1. The molecule has 2 N–H and O–H groups in total. The zero-order valence-electron chi connectivity index (χ0n) is 10.4. The average Bonchev–Trinajstić information content (AvgIpc) is 2.27. The highest BCUT2D eigenvalue weighted by atomic mass is 15.1. The van der Waals surface area contributed by atoms with Gasteiger partial charge < -0.3 is 5.73 Å². The Bertz CT molecular complexity index is 274. The van der Waals surface area contributed by atoms with E-state index in [0.29, 0.717) is 0 Å². The molecular weight excluding hydrogens is 198 g/mol. The Morgan fingerprint density at radius 1 is 1.44 bits per heavy atom. The number of rotatable bonds is 7. The lowest BCUT2D eigenvalue weighted by molar-refractivity contribution is 0.292. The van der Waals surface area contributed by atoms with Crippen molar-refractivity contribution in [1.82, 2.24) is 9.88 Å². The molecule has 1 unspecified atom stereocenters. The van der Waals surface area contributed by atoms with Crippen molar-refractivity contribution in [3.05, 3.63) is 30.1 Å². The maximum Gasteiger partial charge on any atom is 0.0543 e. The normalized spacial score (nSPS) is 13.0. The Morgan fingerprint density at radius 2 is 2.25 bits per heavy atom. The standard InChI is InChI=1S/C13H23N3/c1-3-4-7-12(14)10-16(2)11-13-8-5-6-9-15-13/h5-6,8-9,12H,3-4,7,10-11,14H2,1-2H3. The first-order chi connectivity index (χ1) is 7.72. The van der Waals surface area contributed by atoms with Crippen LogP contribution in [0.1, 0.15) is 31.9 Å². The molecule has 3 heteroatoms. The molecule has 1 aromatic rings. The Kier molecular flexibility index (Phi) is 6.04. The van der Waals surface area contributed by atoms with E-state index < -0.39 is 0 Å². The number of unbranched alkanes of at least 4 members (excludes halogenated alkanes) is 1. The second-order valence-electron chi connectivity index (χ2n) is 4.42. The van der Waals surface area contributed by atoms with Crippen LogP contribution < -0.4 is 5.73 Å². The first kappa shape index (κ1) is 13.1. The molecule has 0 aromatic carbocycles. The van der Waals surface area contributed by atoms with Crippen LogP contribution in [-0.4, -0.2) is 29.5 Å². The lowest BCUT2D eigenvalue weighted by Gasteiger charge is -2.20. The third-order valence-corrected chi connectivity index (χ3v) is 2.63. The van der Waals surface area contributed by atoms with E-state index in [4.69, 9.17) is 5.73 Å². The first-order valence-corrected chi connectivity index (χ1v) is 6.06. The van der Waals surface area contributed by atoms with Crippen LogP contribution in [0.2, 0.25) is 0 Å². The fourth-order valence-electron chi connectivity index (χ4n) is 1.79. The van der Waals surface area contributed by atoms with Gasteiger partial charge in [0.05, 0.1) is 5.69 Å². The molecule has 90 valence electrons. The van der Waals surface area contributed by atoms with E-state index in [1.165, 1.54) is 12.8 Å². The quantitative estimate of drug-likeness (QED) is 0.766. The van der Waals surface area contributed by atoms with Crippen LogP contribution >= 0.6 is 0 Å². The van der Waals surface area contributed by atoms with Gasteiger partial charge in [-0.1, -0.05) is 25.8 Å². The zero-order valence-corrected chi connectivity index (χ0v) is 10.4. The lowest BCUT2D eigenvalue weighted by Crippen LogP contribution is -2.35. The summed E-state index contributed by atoms with van der Waals surface area (Å²) in [5.74, 6) is 0. The number of nitrogens with zero attached hydrogens (tertiary/aromatic N) is 2. The number of hydrogen-bond acceptors (Lipinski definition) is 3. The first-order valence-electron chi connectivity index (χ1n) is 6.06. The van der Waals surface area contributed by atoms with Crippen LogP contribution in [0.15, 0.2) is 24.4 Å². The van der Waals surface area contributed by atoms with Crippen LogP contribution in [0.4, 0.5) is 0 Å². The van der Waals surface area contributed by atoms with Crippen molar-refractivity contribution in [3.8, 4) is 0 Å². The van der Waals surface area contributed by atoms with E-state index in [-0.39, 0.29) is 6.04 Å². The van der Waals surface area contributed by atoms with Crippen molar-refractivity contribution in [2.45, 2.75) is 38.8 Å². The predicted octanol–water partition coefficient (Wildman–Crippen LogP) is 2.03. The topological polar surface area (TPSA) is 42.1 Å². The van der Waals surface area contributed by atoms with E-state index in [1.807, 2.05) is 24.4 Å². The van der Waals surface area contributed by atoms with Gasteiger partial charge in [-0.05, 0) is 25.6 Å². The molecule has 0 saturated heterocycles. The van der Waals surface area contributed by atoms with Gasteiger partial charge in [0.15, 0.2) is 0 Å². The van der Waals surface area contributed by atoms with Crippen molar-refractivity contribution in [3.63, 3.8) is 0 Å². The van der Waals surface area contributed by atoms with Gasteiger partial charge in [-0.3, -0.25) is 9.88 Å². The highest BCUT2D eigenvalue weighted by Crippen LogP contribution is 2.03. The number of pyridine rings is 1. The summed E-state index contributed by atoms with van der Waals surface area (Å²) in [6.45, 7) is 4.02. The highest BCUT2D eigenvalue weighted by Gasteiger charge is 2.07. The van der Waals surface area contributed by atoms with Gasteiger partial charge in [0.25, 0.3) is 0 Å². The van der Waals surface area contributed by atoms with E-state index in [0.717, 1.165) is 25.2 Å². The van der Waals surface area contributed by atoms with Crippen LogP contribution in [0, 0.1) is 0 Å². The number of aromatic nitrogens is 1. The Labute approximate surface area is 98.7 Å². The minimum atomic E-state index is 0.286. The van der Waals surface area contributed by atoms with E-state index in [9.17, 15) is 0 Å². The van der Waals surface area contributed by atoms with Gasteiger partial charge in [0.1, 0.15) is 0 Å². The maximum absolute atomic E-state index is 6.05. The number of nitrogens with two attached hydrogens (primary N) is 1. The van der Waals surface area contributed by atoms with Gasteiger partial charge >= 0.3 is 0 Å². The molecule has 3 nitrogen and oxygen atoms in total. The molecule has 16 heavy (non-hydrogen) atoms. The molecular formula is C13H23N3. The number of likely N-dealkylation sites (N-methyl/N-ethyl adjacent to an activating group) is 1. The van der Waals surface area contributed by atoms with Crippen molar-refractivity contribution >= 4 is 0 Å². The van der Waals surface area contributed by atoms with Crippen LogP contribution in [0.25, 0.3) is 0 Å². The third kappa shape index (κ3) is 5.24. The molecule has 0 amide bonds. The summed E-state index contributed by atoms with van der Waals surface area (Å²) in [6.07, 6.45) is 5.39. The molecule has 0 radical (unpaired) electrons. The monoisotopic (exact) mass is 221 g/mol. The predicted molar refractivity (Wildman–Crippen MR) is 68.1 cm³/mol.